The van der Waals surface area contributed by atoms with Gasteiger partial charge in [0, 0.05) is 31.8 Å². The van der Waals surface area contributed by atoms with Crippen LogP contribution in [0, 0.1) is 6.92 Å². The lowest BCUT2D eigenvalue weighted by Crippen LogP contribution is -2.54. The van der Waals surface area contributed by atoms with Crippen LogP contribution in [0.4, 0.5) is 0 Å². The van der Waals surface area contributed by atoms with E-state index >= 15 is 0 Å². The van der Waals surface area contributed by atoms with Crippen molar-refractivity contribution >= 4 is 0 Å². The van der Waals surface area contributed by atoms with Crippen LogP contribution in [0.5, 0.6) is 5.75 Å². The molecule has 25 heavy (non-hydrogen) atoms. The number of aryl methyl sites for hydroxylation is 1. The monoisotopic (exact) mass is 333 g/mol. The molecule has 0 saturated carbocycles. The molecule has 2 heteroatoms. The Balaban J connectivity index is 1.39. The molecule has 0 N–H and O–H groups in total. The zero-order valence-corrected chi connectivity index (χ0v) is 15.1. The highest BCUT2D eigenvalue weighted by molar-refractivity contribution is 5.66. The third-order valence-electron chi connectivity index (χ3n) is 6.50. The quantitative estimate of drug-likeness (QED) is 0.729. The summed E-state index contributed by atoms with van der Waals surface area (Å²) in [4.78, 5) is 2.71. The predicted molar refractivity (Wildman–Crippen MR) is 102 cm³/mol. The van der Waals surface area contributed by atoms with Gasteiger partial charge in [0.25, 0.3) is 0 Å². The van der Waals surface area contributed by atoms with E-state index in [4.69, 9.17) is 4.74 Å². The molecular formula is C23H27NO. The fourth-order valence-electron chi connectivity index (χ4n) is 5.08. The number of hydrogen-bond acceptors (Lipinski definition) is 2. The van der Waals surface area contributed by atoms with Gasteiger partial charge in [-0.25, -0.2) is 0 Å². The van der Waals surface area contributed by atoms with Crippen LogP contribution in [0.1, 0.15) is 43.2 Å². The van der Waals surface area contributed by atoms with Crippen molar-refractivity contribution in [2.24, 2.45) is 0 Å². The summed E-state index contributed by atoms with van der Waals surface area (Å²) >= 11 is 0. The van der Waals surface area contributed by atoms with Crippen molar-refractivity contribution in [3.05, 3.63) is 53.6 Å². The standard InChI is InChI=1S/C23H27NO/c1-17-5-7-18(8-6-17)19-9-10-22-20(14-19)15-23(25-22)11-13-24-12-3-2-4-21(24)16-23/h5-10,14,21H,2-4,11-13,15-16H2,1H3/t21-,23+/m0/s1. The lowest BCUT2D eigenvalue weighted by atomic mass is 9.80. The molecule has 3 heterocycles. The first-order valence-corrected chi connectivity index (χ1v) is 9.84. The van der Waals surface area contributed by atoms with Crippen LogP contribution >= 0.6 is 0 Å². The Hall–Kier alpha value is -1.80. The van der Waals surface area contributed by atoms with Crippen molar-refractivity contribution in [2.75, 3.05) is 13.1 Å². The number of piperidine rings is 2. The first-order valence-electron chi connectivity index (χ1n) is 9.84. The minimum atomic E-state index is 0.0622. The molecule has 0 aliphatic carbocycles. The van der Waals surface area contributed by atoms with E-state index in [-0.39, 0.29) is 5.60 Å². The maximum atomic E-state index is 6.57. The summed E-state index contributed by atoms with van der Waals surface area (Å²) < 4.78 is 6.57. The largest absolute Gasteiger partial charge is 0.487 e. The second kappa shape index (κ2) is 5.88. The van der Waals surface area contributed by atoms with Crippen molar-refractivity contribution < 1.29 is 4.74 Å². The summed E-state index contributed by atoms with van der Waals surface area (Å²) in [5.74, 6) is 1.13. The fourth-order valence-corrected chi connectivity index (χ4v) is 5.08. The van der Waals surface area contributed by atoms with Crippen LogP contribution in [-0.4, -0.2) is 29.6 Å². The third-order valence-corrected chi connectivity index (χ3v) is 6.50. The van der Waals surface area contributed by atoms with Crippen LogP contribution in [0.15, 0.2) is 42.5 Å². The van der Waals surface area contributed by atoms with Gasteiger partial charge in [0.05, 0.1) is 0 Å². The van der Waals surface area contributed by atoms with Gasteiger partial charge in [-0.3, -0.25) is 0 Å². The van der Waals surface area contributed by atoms with Crippen molar-refractivity contribution in [3.63, 3.8) is 0 Å². The van der Waals surface area contributed by atoms with Crippen molar-refractivity contribution in [3.8, 4) is 16.9 Å². The van der Waals surface area contributed by atoms with Crippen LogP contribution in [-0.2, 0) is 6.42 Å². The number of fused-ring (bicyclic) bond motifs is 2. The van der Waals surface area contributed by atoms with E-state index in [1.54, 1.807) is 0 Å². The Morgan fingerprint density at radius 2 is 1.84 bits per heavy atom. The molecule has 0 aromatic heterocycles. The molecule has 5 rings (SSSR count). The molecule has 0 amide bonds. The SMILES string of the molecule is Cc1ccc(-c2ccc3c(c2)C[C@@]2(CCN4CCCC[C@H]4C2)O3)cc1. The number of hydrogen-bond donors (Lipinski definition) is 0. The summed E-state index contributed by atoms with van der Waals surface area (Å²) in [6.45, 7) is 4.65. The van der Waals surface area contributed by atoms with E-state index in [1.165, 1.54) is 67.4 Å². The molecule has 0 radical (unpaired) electrons. The molecule has 2 aromatic carbocycles. The Kier molecular flexibility index (Phi) is 3.63. The van der Waals surface area contributed by atoms with Gasteiger partial charge < -0.3 is 9.64 Å². The van der Waals surface area contributed by atoms with Gasteiger partial charge in [-0.05, 0) is 55.1 Å². The number of benzene rings is 2. The van der Waals surface area contributed by atoms with E-state index in [2.05, 4.69) is 54.3 Å². The average Bonchev–Trinajstić information content (AvgIpc) is 2.98. The third kappa shape index (κ3) is 2.77. The Morgan fingerprint density at radius 3 is 2.72 bits per heavy atom. The van der Waals surface area contributed by atoms with Gasteiger partial charge in [-0.1, -0.05) is 42.3 Å². The minimum Gasteiger partial charge on any atom is -0.487 e. The molecule has 130 valence electrons. The smallest absolute Gasteiger partial charge is 0.123 e. The topological polar surface area (TPSA) is 12.5 Å². The van der Waals surface area contributed by atoms with Crippen LogP contribution in [0.2, 0.25) is 0 Å². The maximum absolute atomic E-state index is 6.57. The summed E-state index contributed by atoms with van der Waals surface area (Å²) in [6, 6.07) is 16.4. The van der Waals surface area contributed by atoms with Crippen LogP contribution < -0.4 is 4.74 Å². The summed E-state index contributed by atoms with van der Waals surface area (Å²) in [7, 11) is 0. The highest BCUT2D eigenvalue weighted by Crippen LogP contribution is 2.45. The van der Waals surface area contributed by atoms with E-state index in [1.807, 2.05) is 0 Å². The molecule has 2 saturated heterocycles. The first kappa shape index (κ1) is 15.5. The number of nitrogens with zero attached hydrogens (tertiary/aromatic N) is 1. The van der Waals surface area contributed by atoms with E-state index < -0.39 is 0 Å². The summed E-state index contributed by atoms with van der Waals surface area (Å²) in [5, 5.41) is 0. The highest BCUT2D eigenvalue weighted by Gasteiger charge is 2.46. The average molecular weight is 333 g/mol. The van der Waals surface area contributed by atoms with Crippen molar-refractivity contribution in [2.45, 2.75) is 57.1 Å². The molecule has 1 spiro atoms. The molecule has 0 bridgehead atoms. The molecule has 2 aromatic rings. The molecule has 3 aliphatic rings. The Bertz CT molecular complexity index is 781. The van der Waals surface area contributed by atoms with Crippen molar-refractivity contribution in [1.82, 2.24) is 4.90 Å². The molecule has 3 aliphatic heterocycles. The van der Waals surface area contributed by atoms with Crippen LogP contribution in [0.3, 0.4) is 0 Å². The highest BCUT2D eigenvalue weighted by atomic mass is 16.5. The van der Waals surface area contributed by atoms with Gasteiger partial charge in [0.1, 0.15) is 11.4 Å². The molecule has 2 fully saturated rings. The van der Waals surface area contributed by atoms with Gasteiger partial charge >= 0.3 is 0 Å². The van der Waals surface area contributed by atoms with E-state index in [9.17, 15) is 0 Å². The first-order chi connectivity index (χ1) is 12.2. The Morgan fingerprint density at radius 1 is 1.00 bits per heavy atom. The second-order valence-corrected chi connectivity index (χ2v) is 8.29. The number of rotatable bonds is 1. The zero-order chi connectivity index (χ0) is 16.9. The molecule has 2 nitrogen and oxygen atoms in total. The summed E-state index contributed by atoms with van der Waals surface area (Å²) in [6.07, 6.45) is 7.61. The normalized spacial score (nSPS) is 28.4. The molecule has 2 atom stereocenters. The van der Waals surface area contributed by atoms with Gasteiger partial charge in [0.15, 0.2) is 0 Å². The Labute approximate surface area is 150 Å². The lowest BCUT2D eigenvalue weighted by Gasteiger charge is -2.46. The number of ether oxygens (including phenoxy) is 1. The van der Waals surface area contributed by atoms with Gasteiger partial charge in [-0.2, -0.15) is 0 Å². The maximum Gasteiger partial charge on any atom is 0.123 e. The van der Waals surface area contributed by atoms with Crippen molar-refractivity contribution in [1.29, 1.82) is 0 Å². The fraction of sp³-hybridized carbons (Fsp3) is 0.478. The second-order valence-electron chi connectivity index (χ2n) is 8.29. The van der Waals surface area contributed by atoms with E-state index in [0.717, 1.165) is 18.2 Å². The minimum absolute atomic E-state index is 0.0622. The predicted octanol–water partition coefficient (Wildman–Crippen LogP) is 4.98. The van der Waals surface area contributed by atoms with Gasteiger partial charge in [0.2, 0.25) is 0 Å². The van der Waals surface area contributed by atoms with Crippen LogP contribution in [0.25, 0.3) is 11.1 Å². The van der Waals surface area contributed by atoms with E-state index in [0.29, 0.717) is 0 Å². The lowest BCUT2D eigenvalue weighted by molar-refractivity contribution is -0.0249. The van der Waals surface area contributed by atoms with Gasteiger partial charge in [-0.15, -0.1) is 0 Å². The molecule has 0 unspecified atom stereocenters. The zero-order valence-electron chi connectivity index (χ0n) is 15.1. The molecular weight excluding hydrogens is 306 g/mol. The summed E-state index contributed by atoms with van der Waals surface area (Å²) in [5.41, 5.74) is 5.40.